The van der Waals surface area contributed by atoms with E-state index in [1.807, 2.05) is 0 Å². The Balaban J connectivity index is 2.05. The molecule has 0 spiro atoms. The number of hydrogen-bond donors (Lipinski definition) is 1. The van der Waals surface area contributed by atoms with Gasteiger partial charge in [-0.1, -0.05) is 35.3 Å². The molecule has 134 valence electrons. The Kier molecular flexibility index (Phi) is 5.07. The van der Waals surface area contributed by atoms with Gasteiger partial charge in [-0.2, -0.15) is 18.3 Å². The van der Waals surface area contributed by atoms with Crippen molar-refractivity contribution in [2.45, 2.75) is 13.1 Å². The Morgan fingerprint density at radius 1 is 0.923 bits per heavy atom. The Labute approximate surface area is 157 Å². The second-order valence-electron chi connectivity index (χ2n) is 5.58. The molecule has 0 radical (unpaired) electrons. The second-order valence-corrected chi connectivity index (χ2v) is 6.39. The topological polar surface area (TPSA) is 37.8 Å². The van der Waals surface area contributed by atoms with E-state index in [1.165, 1.54) is 6.07 Å². The van der Waals surface area contributed by atoms with Gasteiger partial charge in [0.1, 0.15) is 0 Å². The highest BCUT2D eigenvalue weighted by Crippen LogP contribution is 2.35. The van der Waals surface area contributed by atoms with Crippen molar-refractivity contribution in [3.05, 3.63) is 69.8 Å². The summed E-state index contributed by atoms with van der Waals surface area (Å²) in [5.41, 5.74) is 1.31. The van der Waals surface area contributed by atoms with Crippen molar-refractivity contribution in [2.24, 2.45) is 0 Å². The quantitative estimate of drug-likeness (QED) is 0.546. The zero-order valence-corrected chi connectivity index (χ0v) is 14.9. The molecule has 2 aromatic carbocycles. The zero-order chi connectivity index (χ0) is 18.9. The fourth-order valence-electron chi connectivity index (χ4n) is 2.37. The van der Waals surface area contributed by atoms with Gasteiger partial charge in [0.05, 0.1) is 21.3 Å². The SMILES string of the molecule is Cc1cc(-c2cccc(C(F)(F)F)c2)c(Nc2ccc(Cl)c(Cl)c2)nn1. The summed E-state index contributed by atoms with van der Waals surface area (Å²) in [5, 5.41) is 11.8. The number of anilines is 2. The Morgan fingerprint density at radius 3 is 2.38 bits per heavy atom. The smallest absolute Gasteiger partial charge is 0.338 e. The summed E-state index contributed by atoms with van der Waals surface area (Å²) in [6.07, 6.45) is -4.43. The summed E-state index contributed by atoms with van der Waals surface area (Å²) in [5.74, 6) is 0.313. The van der Waals surface area contributed by atoms with Crippen LogP contribution in [0.1, 0.15) is 11.3 Å². The minimum atomic E-state index is -4.43. The lowest BCUT2D eigenvalue weighted by molar-refractivity contribution is -0.137. The lowest BCUT2D eigenvalue weighted by Gasteiger charge is -2.13. The molecule has 3 rings (SSSR count). The largest absolute Gasteiger partial charge is 0.416 e. The summed E-state index contributed by atoms with van der Waals surface area (Å²) < 4.78 is 39.1. The number of halogens is 5. The van der Waals surface area contributed by atoms with Gasteiger partial charge < -0.3 is 5.32 Å². The van der Waals surface area contributed by atoms with Crippen molar-refractivity contribution < 1.29 is 13.2 Å². The maximum absolute atomic E-state index is 13.0. The second kappa shape index (κ2) is 7.13. The number of nitrogens with zero attached hydrogens (tertiary/aromatic N) is 2. The molecule has 0 saturated carbocycles. The van der Waals surface area contributed by atoms with E-state index in [0.29, 0.717) is 38.4 Å². The van der Waals surface area contributed by atoms with Gasteiger partial charge in [0, 0.05) is 11.3 Å². The number of nitrogens with one attached hydrogen (secondary N) is 1. The van der Waals surface area contributed by atoms with Gasteiger partial charge in [-0.3, -0.25) is 0 Å². The minimum absolute atomic E-state index is 0.313. The predicted octanol–water partition coefficient (Wildman–Crippen LogP) is 6.52. The number of aryl methyl sites for hydroxylation is 1. The van der Waals surface area contributed by atoms with Crippen molar-refractivity contribution in [1.29, 1.82) is 0 Å². The summed E-state index contributed by atoms with van der Waals surface area (Å²) in [6, 6.07) is 11.6. The van der Waals surface area contributed by atoms with Crippen LogP contribution in [-0.2, 0) is 6.18 Å². The van der Waals surface area contributed by atoms with Crippen molar-refractivity contribution in [2.75, 3.05) is 5.32 Å². The van der Waals surface area contributed by atoms with E-state index in [9.17, 15) is 13.2 Å². The van der Waals surface area contributed by atoms with Gasteiger partial charge >= 0.3 is 6.18 Å². The van der Waals surface area contributed by atoms with Crippen LogP contribution < -0.4 is 5.32 Å². The highest BCUT2D eigenvalue weighted by molar-refractivity contribution is 6.42. The third-order valence-corrected chi connectivity index (χ3v) is 4.34. The number of aromatic nitrogens is 2. The lowest BCUT2D eigenvalue weighted by Crippen LogP contribution is -2.05. The van der Waals surface area contributed by atoms with E-state index in [0.717, 1.165) is 12.1 Å². The molecule has 3 aromatic rings. The maximum atomic E-state index is 13.0. The molecule has 0 atom stereocenters. The first-order valence-corrected chi connectivity index (χ1v) is 8.23. The monoisotopic (exact) mass is 397 g/mol. The van der Waals surface area contributed by atoms with E-state index >= 15 is 0 Å². The van der Waals surface area contributed by atoms with Gasteiger partial charge in [0.25, 0.3) is 0 Å². The first-order valence-electron chi connectivity index (χ1n) is 7.48. The number of alkyl halides is 3. The van der Waals surface area contributed by atoms with Crippen molar-refractivity contribution in [3.63, 3.8) is 0 Å². The highest BCUT2D eigenvalue weighted by atomic mass is 35.5. The molecule has 0 aliphatic carbocycles. The zero-order valence-electron chi connectivity index (χ0n) is 13.4. The molecule has 0 bridgehead atoms. The minimum Gasteiger partial charge on any atom is -0.338 e. The molecule has 8 heteroatoms. The van der Waals surface area contributed by atoms with E-state index in [4.69, 9.17) is 23.2 Å². The molecule has 1 N–H and O–H groups in total. The van der Waals surface area contributed by atoms with Gasteiger partial charge in [-0.25, -0.2) is 0 Å². The predicted molar refractivity (Wildman–Crippen MR) is 97.0 cm³/mol. The van der Waals surface area contributed by atoms with Crippen molar-refractivity contribution in [1.82, 2.24) is 10.2 Å². The van der Waals surface area contributed by atoms with Crippen LogP contribution in [0.4, 0.5) is 24.7 Å². The fraction of sp³-hybridized carbons (Fsp3) is 0.111. The number of hydrogen-bond acceptors (Lipinski definition) is 3. The van der Waals surface area contributed by atoms with Crippen LogP contribution in [0, 0.1) is 6.92 Å². The molecule has 1 aromatic heterocycles. The normalized spacial score (nSPS) is 11.5. The Hall–Kier alpha value is -2.31. The van der Waals surface area contributed by atoms with Crippen LogP contribution in [0.25, 0.3) is 11.1 Å². The van der Waals surface area contributed by atoms with Crippen LogP contribution in [-0.4, -0.2) is 10.2 Å². The third kappa shape index (κ3) is 4.08. The molecular formula is C18H12Cl2F3N3. The van der Waals surface area contributed by atoms with Crippen molar-refractivity contribution in [3.8, 4) is 11.1 Å². The average molecular weight is 398 g/mol. The molecule has 0 amide bonds. The molecule has 3 nitrogen and oxygen atoms in total. The fourth-order valence-corrected chi connectivity index (χ4v) is 2.67. The first-order chi connectivity index (χ1) is 12.2. The maximum Gasteiger partial charge on any atom is 0.416 e. The van der Waals surface area contributed by atoms with Gasteiger partial charge in [0.2, 0.25) is 0 Å². The summed E-state index contributed by atoms with van der Waals surface area (Å²) in [7, 11) is 0. The molecule has 1 heterocycles. The van der Waals surface area contributed by atoms with E-state index < -0.39 is 11.7 Å². The Bertz CT molecular complexity index is 959. The molecular weight excluding hydrogens is 386 g/mol. The van der Waals surface area contributed by atoms with E-state index in [1.54, 1.807) is 37.3 Å². The molecule has 26 heavy (non-hydrogen) atoms. The summed E-state index contributed by atoms with van der Waals surface area (Å²) >= 11 is 11.9. The average Bonchev–Trinajstić information content (AvgIpc) is 2.59. The van der Waals surface area contributed by atoms with Crippen LogP contribution in [0.15, 0.2) is 48.5 Å². The van der Waals surface area contributed by atoms with E-state index in [-0.39, 0.29) is 0 Å². The molecule has 0 fully saturated rings. The number of benzene rings is 2. The van der Waals surface area contributed by atoms with Crippen LogP contribution in [0.3, 0.4) is 0 Å². The van der Waals surface area contributed by atoms with Crippen LogP contribution in [0.2, 0.25) is 10.0 Å². The molecule has 0 saturated heterocycles. The number of rotatable bonds is 3. The van der Waals surface area contributed by atoms with Crippen LogP contribution >= 0.6 is 23.2 Å². The lowest BCUT2D eigenvalue weighted by atomic mass is 10.0. The third-order valence-electron chi connectivity index (χ3n) is 3.60. The highest BCUT2D eigenvalue weighted by Gasteiger charge is 2.30. The molecule has 0 aliphatic heterocycles. The molecule has 0 aliphatic rings. The standard InChI is InChI=1S/C18H12Cl2F3N3/c1-10-7-14(11-3-2-4-12(8-11)18(21,22)23)17(26-25-10)24-13-5-6-15(19)16(20)9-13/h2-9H,1H3,(H,24,26). The van der Waals surface area contributed by atoms with Gasteiger partial charge in [-0.05, 0) is 48.9 Å². The first kappa shape index (κ1) is 18.5. The molecule has 0 unspecified atom stereocenters. The van der Waals surface area contributed by atoms with E-state index in [2.05, 4.69) is 15.5 Å². The summed E-state index contributed by atoms with van der Waals surface area (Å²) in [6.45, 7) is 1.72. The Morgan fingerprint density at radius 2 is 1.69 bits per heavy atom. The van der Waals surface area contributed by atoms with Crippen LogP contribution in [0.5, 0.6) is 0 Å². The van der Waals surface area contributed by atoms with Crippen molar-refractivity contribution >= 4 is 34.7 Å². The summed E-state index contributed by atoms with van der Waals surface area (Å²) in [4.78, 5) is 0. The van der Waals surface area contributed by atoms with Gasteiger partial charge in [-0.15, -0.1) is 5.10 Å². The van der Waals surface area contributed by atoms with Gasteiger partial charge in [0.15, 0.2) is 5.82 Å².